The maximum atomic E-state index is 13.3. The molecule has 8 heteroatoms. The van der Waals surface area contributed by atoms with Gasteiger partial charge in [-0.25, -0.2) is 18.7 Å². The van der Waals surface area contributed by atoms with Gasteiger partial charge in [-0.3, -0.25) is 9.78 Å². The Kier molecular flexibility index (Phi) is 5.89. The zero-order valence-electron chi connectivity index (χ0n) is 16.2. The van der Waals surface area contributed by atoms with Gasteiger partial charge in [0.15, 0.2) is 0 Å². The number of nitrogens with one attached hydrogen (secondary N) is 2. The van der Waals surface area contributed by atoms with E-state index in [0.29, 0.717) is 34.0 Å². The topological polar surface area (TPSA) is 79.8 Å². The third-order valence-corrected chi connectivity index (χ3v) is 4.48. The highest BCUT2D eigenvalue weighted by Crippen LogP contribution is 2.27. The summed E-state index contributed by atoms with van der Waals surface area (Å²) < 4.78 is 25.9. The van der Waals surface area contributed by atoms with Crippen LogP contribution in [0.15, 0.2) is 79.4 Å². The number of nitrogens with zero attached hydrogens (tertiary/aromatic N) is 3. The summed E-state index contributed by atoms with van der Waals surface area (Å²) in [6, 6.07) is 14.1. The number of aromatic nitrogens is 3. The van der Waals surface area contributed by atoms with E-state index in [9.17, 15) is 13.6 Å². The van der Waals surface area contributed by atoms with E-state index in [4.69, 9.17) is 0 Å². The number of pyridine rings is 3. The Balaban J connectivity index is 1.53. The van der Waals surface area contributed by atoms with Crippen LogP contribution in [-0.4, -0.2) is 20.9 Å². The molecule has 0 aliphatic rings. The van der Waals surface area contributed by atoms with Crippen LogP contribution >= 0.6 is 0 Å². The fraction of sp³-hybridized carbons (Fsp3) is 0.0435. The highest BCUT2D eigenvalue weighted by molar-refractivity contribution is 6.06. The maximum absolute atomic E-state index is 13.3. The molecule has 2 N–H and O–H groups in total. The number of alkyl halides is 1. The summed E-state index contributed by atoms with van der Waals surface area (Å²) in [5, 5.41) is 5.82. The number of amides is 1. The lowest BCUT2D eigenvalue weighted by molar-refractivity contribution is 0.102. The van der Waals surface area contributed by atoms with Gasteiger partial charge in [-0.2, -0.15) is 0 Å². The molecule has 3 aromatic heterocycles. The highest BCUT2D eigenvalue weighted by Gasteiger charge is 2.12. The van der Waals surface area contributed by atoms with Gasteiger partial charge in [0, 0.05) is 35.3 Å². The average molecular weight is 417 g/mol. The summed E-state index contributed by atoms with van der Waals surface area (Å²) >= 11 is 0. The van der Waals surface area contributed by atoms with E-state index in [1.54, 1.807) is 48.7 Å². The van der Waals surface area contributed by atoms with Gasteiger partial charge in [0.2, 0.25) is 0 Å². The molecule has 1 aromatic carbocycles. The van der Waals surface area contributed by atoms with Crippen molar-refractivity contribution in [2.45, 2.75) is 6.67 Å². The zero-order valence-corrected chi connectivity index (χ0v) is 16.2. The normalized spacial score (nSPS) is 10.5. The van der Waals surface area contributed by atoms with Crippen LogP contribution < -0.4 is 10.6 Å². The number of rotatable bonds is 6. The van der Waals surface area contributed by atoms with Crippen LogP contribution in [0.4, 0.5) is 26.1 Å². The van der Waals surface area contributed by atoms with Gasteiger partial charge < -0.3 is 10.6 Å². The van der Waals surface area contributed by atoms with Crippen molar-refractivity contribution >= 4 is 23.2 Å². The second-order valence-electron chi connectivity index (χ2n) is 6.62. The average Bonchev–Trinajstić information content (AvgIpc) is 2.81. The van der Waals surface area contributed by atoms with Gasteiger partial charge in [0.1, 0.15) is 24.1 Å². The van der Waals surface area contributed by atoms with Gasteiger partial charge in [0.05, 0.1) is 11.9 Å². The Bertz CT molecular complexity index is 1200. The summed E-state index contributed by atoms with van der Waals surface area (Å²) in [4.78, 5) is 25.2. The lowest BCUT2D eigenvalue weighted by Gasteiger charge is -2.12. The molecule has 0 bridgehead atoms. The fourth-order valence-corrected chi connectivity index (χ4v) is 2.92. The molecule has 0 radical (unpaired) electrons. The first-order valence-corrected chi connectivity index (χ1v) is 9.37. The Morgan fingerprint density at radius 1 is 0.903 bits per heavy atom. The predicted octanol–water partition coefficient (Wildman–Crippen LogP) is 5.14. The van der Waals surface area contributed by atoms with Crippen LogP contribution in [0.2, 0.25) is 0 Å². The third kappa shape index (κ3) is 4.87. The first kappa shape index (κ1) is 20.1. The van der Waals surface area contributed by atoms with Gasteiger partial charge in [-0.05, 0) is 42.0 Å². The van der Waals surface area contributed by atoms with Crippen molar-refractivity contribution < 1.29 is 13.6 Å². The molecule has 0 spiro atoms. The van der Waals surface area contributed by atoms with Gasteiger partial charge in [-0.15, -0.1) is 0 Å². The minimum atomic E-state index is -0.588. The minimum Gasteiger partial charge on any atom is -0.325 e. The molecule has 4 rings (SSSR count). The molecule has 3 heterocycles. The van der Waals surface area contributed by atoms with E-state index in [1.165, 1.54) is 30.7 Å². The van der Waals surface area contributed by atoms with Crippen molar-refractivity contribution in [2.75, 3.05) is 10.6 Å². The molecule has 0 saturated heterocycles. The van der Waals surface area contributed by atoms with Crippen LogP contribution in [0.3, 0.4) is 0 Å². The molecule has 31 heavy (non-hydrogen) atoms. The largest absolute Gasteiger partial charge is 0.325 e. The monoisotopic (exact) mass is 417 g/mol. The summed E-state index contributed by atoms with van der Waals surface area (Å²) in [7, 11) is 0. The number of carbonyl (C=O) groups excluding carboxylic acids is 1. The third-order valence-electron chi connectivity index (χ3n) is 4.48. The molecule has 6 nitrogen and oxygen atoms in total. The van der Waals surface area contributed by atoms with Crippen molar-refractivity contribution in [1.82, 2.24) is 15.0 Å². The lowest BCUT2D eigenvalue weighted by Crippen LogP contribution is -2.13. The van der Waals surface area contributed by atoms with E-state index >= 15 is 0 Å². The standard InChI is InChI=1S/C23H17F2N5O/c24-12-15-1-6-21(28-13-15)30-22-11-17(7-10-27-22)23(31)29-20-14-26-9-8-19(20)16-2-4-18(25)5-3-16/h1-11,13-14H,12H2,(H,29,31)(H,27,28,30). The molecular formula is C23H17F2N5O. The molecule has 4 aromatic rings. The number of anilines is 3. The van der Waals surface area contributed by atoms with Crippen molar-refractivity contribution in [3.8, 4) is 11.1 Å². The Hall–Kier alpha value is -4.20. The predicted molar refractivity (Wildman–Crippen MR) is 114 cm³/mol. The molecule has 0 aliphatic heterocycles. The van der Waals surface area contributed by atoms with Crippen LogP contribution in [0.25, 0.3) is 11.1 Å². The molecule has 0 aliphatic carbocycles. The molecule has 0 saturated carbocycles. The second kappa shape index (κ2) is 9.08. The summed E-state index contributed by atoms with van der Waals surface area (Å²) in [5.74, 6) is 0.197. The fourth-order valence-electron chi connectivity index (χ4n) is 2.92. The maximum Gasteiger partial charge on any atom is 0.255 e. The van der Waals surface area contributed by atoms with Gasteiger partial charge in [-0.1, -0.05) is 18.2 Å². The number of carbonyl (C=O) groups is 1. The molecule has 0 atom stereocenters. The van der Waals surface area contributed by atoms with E-state index in [0.717, 1.165) is 5.56 Å². The molecule has 0 fully saturated rings. The lowest BCUT2D eigenvalue weighted by atomic mass is 10.1. The van der Waals surface area contributed by atoms with Crippen LogP contribution in [-0.2, 0) is 6.67 Å². The van der Waals surface area contributed by atoms with Gasteiger partial charge >= 0.3 is 0 Å². The van der Waals surface area contributed by atoms with Crippen molar-refractivity contribution in [1.29, 1.82) is 0 Å². The van der Waals surface area contributed by atoms with Crippen LogP contribution in [0.5, 0.6) is 0 Å². The van der Waals surface area contributed by atoms with E-state index in [-0.39, 0.29) is 11.7 Å². The number of benzene rings is 1. The summed E-state index contributed by atoms with van der Waals surface area (Å²) in [6.45, 7) is -0.588. The Morgan fingerprint density at radius 2 is 1.74 bits per heavy atom. The second-order valence-corrected chi connectivity index (χ2v) is 6.62. The van der Waals surface area contributed by atoms with Crippen molar-refractivity contribution in [3.63, 3.8) is 0 Å². The summed E-state index contributed by atoms with van der Waals surface area (Å²) in [6.07, 6.45) is 6.06. The van der Waals surface area contributed by atoms with Gasteiger partial charge in [0.25, 0.3) is 5.91 Å². The Labute approximate surface area is 177 Å². The molecule has 0 unspecified atom stereocenters. The number of halogens is 2. The first-order chi connectivity index (χ1) is 15.1. The molecule has 154 valence electrons. The zero-order chi connectivity index (χ0) is 21.6. The van der Waals surface area contributed by atoms with E-state index in [1.807, 2.05) is 0 Å². The quantitative estimate of drug-likeness (QED) is 0.454. The van der Waals surface area contributed by atoms with Crippen molar-refractivity contribution in [2.24, 2.45) is 0 Å². The summed E-state index contributed by atoms with van der Waals surface area (Å²) in [5.41, 5.74) is 2.80. The first-order valence-electron chi connectivity index (χ1n) is 9.37. The van der Waals surface area contributed by atoms with Crippen molar-refractivity contribution in [3.05, 3.63) is 96.3 Å². The van der Waals surface area contributed by atoms with E-state index < -0.39 is 6.67 Å². The Morgan fingerprint density at radius 3 is 2.48 bits per heavy atom. The number of hydrogen-bond acceptors (Lipinski definition) is 5. The van der Waals surface area contributed by atoms with E-state index in [2.05, 4.69) is 25.6 Å². The number of hydrogen-bond donors (Lipinski definition) is 2. The van der Waals surface area contributed by atoms with Crippen LogP contribution in [0, 0.1) is 5.82 Å². The SMILES string of the molecule is O=C(Nc1cnccc1-c1ccc(F)cc1)c1ccnc(Nc2ccc(CF)cn2)c1. The van der Waals surface area contributed by atoms with Crippen LogP contribution in [0.1, 0.15) is 15.9 Å². The molecule has 1 amide bonds. The molecular weight excluding hydrogens is 400 g/mol. The highest BCUT2D eigenvalue weighted by atomic mass is 19.1. The smallest absolute Gasteiger partial charge is 0.255 e. The minimum absolute atomic E-state index is 0.339.